The fraction of sp³-hybridized carbons (Fsp3) is 0.619. The summed E-state index contributed by atoms with van der Waals surface area (Å²) in [6.45, 7) is 11.2. The van der Waals surface area contributed by atoms with Gasteiger partial charge >= 0.3 is 0 Å². The highest BCUT2D eigenvalue weighted by molar-refractivity contribution is 5.23. The molecule has 27 heavy (non-hydrogen) atoms. The van der Waals surface area contributed by atoms with E-state index in [1.54, 1.807) is 0 Å². The van der Waals surface area contributed by atoms with Gasteiger partial charge in [0.2, 0.25) is 5.89 Å². The number of hydrogen-bond acceptors (Lipinski definition) is 6. The molecule has 1 saturated heterocycles. The van der Waals surface area contributed by atoms with Gasteiger partial charge in [0.25, 0.3) is 0 Å². The van der Waals surface area contributed by atoms with Crippen molar-refractivity contribution in [2.45, 2.75) is 58.2 Å². The van der Waals surface area contributed by atoms with Gasteiger partial charge < -0.3 is 14.1 Å². The predicted octanol–water partition coefficient (Wildman–Crippen LogP) is 3.64. The number of pyridine rings is 1. The molecule has 0 aliphatic carbocycles. The number of nitrogens with zero attached hydrogens (tertiary/aromatic N) is 4. The number of oxazole rings is 1. The molecule has 6 heteroatoms. The zero-order valence-electron chi connectivity index (χ0n) is 17.4. The summed E-state index contributed by atoms with van der Waals surface area (Å²) >= 11 is 0. The molecule has 6 nitrogen and oxygen atoms in total. The Labute approximate surface area is 162 Å². The fourth-order valence-electron chi connectivity index (χ4n) is 3.32. The minimum absolute atomic E-state index is 0.0206. The second kappa shape index (κ2) is 7.98. The number of ether oxygens (including phenoxy) is 1. The quantitative estimate of drug-likeness (QED) is 0.772. The first-order valence-corrected chi connectivity index (χ1v) is 9.69. The Morgan fingerprint density at radius 3 is 2.78 bits per heavy atom. The molecule has 0 amide bonds. The van der Waals surface area contributed by atoms with E-state index in [-0.39, 0.29) is 17.6 Å². The monoisotopic (exact) mass is 372 g/mol. The van der Waals surface area contributed by atoms with Gasteiger partial charge in [-0.2, -0.15) is 0 Å². The molecule has 2 aromatic rings. The van der Waals surface area contributed by atoms with Crippen molar-refractivity contribution in [3.63, 3.8) is 0 Å². The summed E-state index contributed by atoms with van der Waals surface area (Å²) < 4.78 is 12.2. The number of hydrogen-bond donors (Lipinski definition) is 0. The minimum Gasteiger partial charge on any atom is -0.489 e. The molecule has 3 heterocycles. The molecule has 0 aromatic carbocycles. The molecule has 1 aliphatic heterocycles. The van der Waals surface area contributed by atoms with Crippen molar-refractivity contribution in [3.05, 3.63) is 41.9 Å². The van der Waals surface area contributed by atoms with Crippen LogP contribution in [0.25, 0.3) is 0 Å². The van der Waals surface area contributed by atoms with E-state index in [4.69, 9.17) is 9.15 Å². The maximum atomic E-state index is 6.22. The third kappa shape index (κ3) is 5.08. The Balaban J connectivity index is 1.59. The molecule has 0 bridgehead atoms. The largest absolute Gasteiger partial charge is 0.489 e. The smallest absolute Gasteiger partial charge is 0.211 e. The standard InChI is InChI=1S/C21H32N4O2/c1-15(20-23-12-19(27-20)21(2,3)4)25-10-8-18(14-25)26-17-7-9-22-16(11-17)13-24(5)6/h7,9,11-12,15,18H,8,10,13-14H2,1-6H3. The van der Waals surface area contributed by atoms with Crippen LogP contribution in [0.4, 0.5) is 0 Å². The van der Waals surface area contributed by atoms with Gasteiger partial charge in [0, 0.05) is 37.3 Å². The van der Waals surface area contributed by atoms with Crippen molar-refractivity contribution in [3.8, 4) is 5.75 Å². The van der Waals surface area contributed by atoms with Crippen LogP contribution in [0.1, 0.15) is 57.5 Å². The van der Waals surface area contributed by atoms with Gasteiger partial charge in [0.1, 0.15) is 17.6 Å². The lowest BCUT2D eigenvalue weighted by Gasteiger charge is -2.22. The van der Waals surface area contributed by atoms with E-state index in [0.29, 0.717) is 0 Å². The summed E-state index contributed by atoms with van der Waals surface area (Å²) in [7, 11) is 4.08. The Morgan fingerprint density at radius 1 is 1.33 bits per heavy atom. The van der Waals surface area contributed by atoms with E-state index >= 15 is 0 Å². The number of aromatic nitrogens is 2. The van der Waals surface area contributed by atoms with Crippen molar-refractivity contribution in [1.29, 1.82) is 0 Å². The first kappa shape index (κ1) is 19.8. The van der Waals surface area contributed by atoms with Crippen molar-refractivity contribution in [2.24, 2.45) is 0 Å². The van der Waals surface area contributed by atoms with Crippen LogP contribution < -0.4 is 4.74 Å². The molecule has 0 spiro atoms. The summed E-state index contributed by atoms with van der Waals surface area (Å²) in [6, 6.07) is 4.13. The van der Waals surface area contributed by atoms with E-state index in [0.717, 1.165) is 49.1 Å². The van der Waals surface area contributed by atoms with E-state index < -0.39 is 0 Å². The minimum atomic E-state index is -0.0206. The molecular weight excluding hydrogens is 340 g/mol. The molecule has 2 aromatic heterocycles. The van der Waals surface area contributed by atoms with Crippen molar-refractivity contribution >= 4 is 0 Å². The molecule has 2 unspecified atom stereocenters. The molecule has 2 atom stereocenters. The SMILES string of the molecule is CC(c1ncc(C(C)(C)C)o1)N1CCC(Oc2ccnc(CN(C)C)c2)C1. The third-order valence-corrected chi connectivity index (χ3v) is 4.91. The van der Waals surface area contributed by atoms with E-state index in [2.05, 4.69) is 47.5 Å². The Morgan fingerprint density at radius 2 is 2.11 bits per heavy atom. The predicted molar refractivity (Wildman–Crippen MR) is 106 cm³/mol. The van der Waals surface area contributed by atoms with Crippen LogP contribution in [-0.2, 0) is 12.0 Å². The Kier molecular flexibility index (Phi) is 5.86. The van der Waals surface area contributed by atoms with Gasteiger partial charge in [-0.1, -0.05) is 20.8 Å². The molecule has 148 valence electrons. The van der Waals surface area contributed by atoms with Crippen LogP contribution in [0.5, 0.6) is 5.75 Å². The van der Waals surface area contributed by atoms with Gasteiger partial charge in [-0.15, -0.1) is 0 Å². The van der Waals surface area contributed by atoms with Crippen LogP contribution in [0.15, 0.2) is 28.9 Å². The second-order valence-corrected chi connectivity index (χ2v) is 8.73. The summed E-state index contributed by atoms with van der Waals surface area (Å²) in [5.74, 6) is 2.62. The number of likely N-dealkylation sites (tertiary alicyclic amines) is 1. The van der Waals surface area contributed by atoms with Gasteiger partial charge in [0.05, 0.1) is 17.9 Å². The van der Waals surface area contributed by atoms with Crippen LogP contribution >= 0.6 is 0 Å². The lowest BCUT2D eigenvalue weighted by Crippen LogP contribution is -2.27. The second-order valence-electron chi connectivity index (χ2n) is 8.73. The van der Waals surface area contributed by atoms with Crippen LogP contribution in [0, 0.1) is 0 Å². The van der Waals surface area contributed by atoms with E-state index in [1.165, 1.54) is 0 Å². The molecule has 0 radical (unpaired) electrons. The molecular formula is C21H32N4O2. The lowest BCUT2D eigenvalue weighted by molar-refractivity contribution is 0.168. The van der Waals surface area contributed by atoms with Gasteiger partial charge in [-0.05, 0) is 33.5 Å². The Bertz CT molecular complexity index is 751. The first-order chi connectivity index (χ1) is 12.7. The summed E-state index contributed by atoms with van der Waals surface area (Å²) in [5.41, 5.74) is 1.00. The summed E-state index contributed by atoms with van der Waals surface area (Å²) in [5, 5.41) is 0. The topological polar surface area (TPSA) is 54.6 Å². The molecule has 1 fully saturated rings. The van der Waals surface area contributed by atoms with E-state index in [1.807, 2.05) is 38.6 Å². The third-order valence-electron chi connectivity index (χ3n) is 4.91. The average molecular weight is 373 g/mol. The maximum Gasteiger partial charge on any atom is 0.211 e. The van der Waals surface area contributed by atoms with Gasteiger partial charge in [-0.25, -0.2) is 4.98 Å². The van der Waals surface area contributed by atoms with Crippen molar-refractivity contribution in [1.82, 2.24) is 19.8 Å². The Hall–Kier alpha value is -1.92. The zero-order valence-corrected chi connectivity index (χ0v) is 17.4. The van der Waals surface area contributed by atoms with Crippen molar-refractivity contribution in [2.75, 3.05) is 27.2 Å². The zero-order chi connectivity index (χ0) is 19.6. The maximum absolute atomic E-state index is 6.22. The van der Waals surface area contributed by atoms with Crippen LogP contribution in [0.3, 0.4) is 0 Å². The van der Waals surface area contributed by atoms with Gasteiger partial charge in [0.15, 0.2) is 0 Å². The highest BCUT2D eigenvalue weighted by atomic mass is 16.5. The molecule has 3 rings (SSSR count). The van der Waals surface area contributed by atoms with Crippen molar-refractivity contribution < 1.29 is 9.15 Å². The molecule has 1 aliphatic rings. The highest BCUT2D eigenvalue weighted by Crippen LogP contribution is 2.30. The summed E-state index contributed by atoms with van der Waals surface area (Å²) in [4.78, 5) is 13.4. The fourth-order valence-corrected chi connectivity index (χ4v) is 3.32. The molecule has 0 N–H and O–H groups in total. The summed E-state index contributed by atoms with van der Waals surface area (Å²) in [6.07, 6.45) is 4.87. The van der Waals surface area contributed by atoms with E-state index in [9.17, 15) is 0 Å². The van der Waals surface area contributed by atoms with Crippen LogP contribution in [-0.4, -0.2) is 53.1 Å². The lowest BCUT2D eigenvalue weighted by atomic mass is 9.94. The normalized spacial score (nSPS) is 19.6. The average Bonchev–Trinajstić information content (AvgIpc) is 3.23. The van der Waals surface area contributed by atoms with Gasteiger partial charge in [-0.3, -0.25) is 9.88 Å². The highest BCUT2D eigenvalue weighted by Gasteiger charge is 2.31. The van der Waals surface area contributed by atoms with Crippen LogP contribution in [0.2, 0.25) is 0 Å². The first-order valence-electron chi connectivity index (χ1n) is 9.69. The molecule has 0 saturated carbocycles. The number of rotatable bonds is 6.